The predicted octanol–water partition coefficient (Wildman–Crippen LogP) is 1.77. The van der Waals surface area contributed by atoms with Gasteiger partial charge in [0.15, 0.2) is 0 Å². The summed E-state index contributed by atoms with van der Waals surface area (Å²) in [6, 6.07) is 3.01. The van der Waals surface area contributed by atoms with E-state index in [1.165, 1.54) is 12.8 Å². The van der Waals surface area contributed by atoms with Crippen LogP contribution < -0.4 is 5.32 Å². The summed E-state index contributed by atoms with van der Waals surface area (Å²) in [6.45, 7) is 3.01. The van der Waals surface area contributed by atoms with Crippen molar-refractivity contribution in [1.29, 1.82) is 5.26 Å². The summed E-state index contributed by atoms with van der Waals surface area (Å²) in [5, 5.41) is 25.9. The smallest absolute Gasteiger partial charge is 0.209 e. The molecule has 1 aromatic heterocycles. The van der Waals surface area contributed by atoms with Crippen LogP contribution in [0.2, 0.25) is 0 Å². The Morgan fingerprint density at radius 1 is 1.45 bits per heavy atom. The summed E-state index contributed by atoms with van der Waals surface area (Å²) in [6.07, 6.45) is 5.68. The number of nitrogens with zero attached hydrogens (tertiary/aromatic N) is 5. The van der Waals surface area contributed by atoms with Crippen molar-refractivity contribution in [3.05, 3.63) is 0 Å². The normalized spacial score (nSPS) is 21.4. The third kappa shape index (κ3) is 2.81. The van der Waals surface area contributed by atoms with E-state index < -0.39 is 5.54 Å². The number of nitriles is 1. The Hall–Kier alpha value is -1.13. The average molecular weight is 292 g/mol. The fraction of sp³-hybridized carbons (Fsp3) is 0.846. The highest BCUT2D eigenvalue weighted by Gasteiger charge is 2.45. The van der Waals surface area contributed by atoms with E-state index in [0.717, 1.165) is 36.7 Å². The number of nitrogens with one attached hydrogen (secondary N) is 1. The molecule has 20 heavy (non-hydrogen) atoms. The van der Waals surface area contributed by atoms with E-state index in [1.54, 1.807) is 11.8 Å². The van der Waals surface area contributed by atoms with Gasteiger partial charge in [-0.15, -0.1) is 5.10 Å². The molecule has 0 amide bonds. The molecule has 1 unspecified atom stereocenters. The van der Waals surface area contributed by atoms with Gasteiger partial charge in [0.2, 0.25) is 5.16 Å². The van der Waals surface area contributed by atoms with Crippen LogP contribution >= 0.6 is 11.8 Å². The molecule has 1 atom stereocenters. The van der Waals surface area contributed by atoms with Gasteiger partial charge in [-0.3, -0.25) is 5.32 Å². The Morgan fingerprint density at radius 2 is 2.25 bits per heavy atom. The maximum atomic E-state index is 9.65. The highest BCUT2D eigenvalue weighted by molar-refractivity contribution is 7.99. The van der Waals surface area contributed by atoms with E-state index in [4.69, 9.17) is 0 Å². The topological polar surface area (TPSA) is 79.4 Å². The van der Waals surface area contributed by atoms with Crippen molar-refractivity contribution < 1.29 is 0 Å². The first-order valence-electron chi connectivity index (χ1n) is 7.36. The molecule has 1 aromatic rings. The molecule has 2 aliphatic carbocycles. The van der Waals surface area contributed by atoms with Crippen LogP contribution in [0.1, 0.15) is 45.1 Å². The van der Waals surface area contributed by atoms with Crippen LogP contribution in [0.5, 0.6) is 0 Å². The molecule has 108 valence electrons. The Labute approximate surface area is 123 Å². The van der Waals surface area contributed by atoms with Gasteiger partial charge < -0.3 is 0 Å². The number of hydrogen-bond acceptors (Lipinski definition) is 6. The van der Waals surface area contributed by atoms with Gasteiger partial charge in [0.1, 0.15) is 5.54 Å². The third-order valence-corrected chi connectivity index (χ3v) is 5.08. The molecule has 2 fully saturated rings. The second-order valence-electron chi connectivity index (χ2n) is 5.71. The average Bonchev–Trinajstić information content (AvgIpc) is 3.39. The summed E-state index contributed by atoms with van der Waals surface area (Å²) in [7, 11) is 0. The number of aromatic nitrogens is 4. The zero-order chi connectivity index (χ0) is 14.0. The summed E-state index contributed by atoms with van der Waals surface area (Å²) in [4.78, 5) is 0. The summed E-state index contributed by atoms with van der Waals surface area (Å²) in [5.74, 6) is 1.21. The van der Waals surface area contributed by atoms with Crippen LogP contribution in [0.15, 0.2) is 5.16 Å². The van der Waals surface area contributed by atoms with Crippen LogP contribution in [0, 0.1) is 17.2 Å². The molecular weight excluding hydrogens is 272 g/mol. The lowest BCUT2D eigenvalue weighted by Gasteiger charge is -2.27. The molecule has 2 saturated carbocycles. The first-order chi connectivity index (χ1) is 9.79. The maximum absolute atomic E-state index is 9.65. The van der Waals surface area contributed by atoms with Gasteiger partial charge in [0, 0.05) is 5.75 Å². The molecule has 0 bridgehead atoms. The zero-order valence-corrected chi connectivity index (χ0v) is 12.6. The fourth-order valence-corrected chi connectivity index (χ4v) is 3.58. The van der Waals surface area contributed by atoms with E-state index in [0.29, 0.717) is 12.0 Å². The van der Waals surface area contributed by atoms with E-state index in [2.05, 4.69) is 33.8 Å². The van der Waals surface area contributed by atoms with Crippen molar-refractivity contribution >= 4 is 11.8 Å². The molecule has 6 nitrogen and oxygen atoms in total. The minimum atomic E-state index is -0.416. The van der Waals surface area contributed by atoms with E-state index in [-0.39, 0.29) is 0 Å². The van der Waals surface area contributed by atoms with Crippen molar-refractivity contribution in [1.82, 2.24) is 25.5 Å². The SMILES string of the molecule is CCCNC(C#N)(CSc1nnnn1C1CC1)C1CC1. The van der Waals surface area contributed by atoms with Crippen LogP contribution in [0.3, 0.4) is 0 Å². The molecule has 7 heteroatoms. The Bertz CT molecular complexity index is 501. The number of tetrazole rings is 1. The monoisotopic (exact) mass is 292 g/mol. The highest BCUT2D eigenvalue weighted by atomic mass is 32.2. The third-order valence-electron chi connectivity index (χ3n) is 3.95. The molecule has 0 radical (unpaired) electrons. The molecule has 0 saturated heterocycles. The maximum Gasteiger partial charge on any atom is 0.209 e. The van der Waals surface area contributed by atoms with Crippen LogP contribution in [0.4, 0.5) is 0 Å². The van der Waals surface area contributed by atoms with Crippen molar-refractivity contribution in [2.45, 2.75) is 55.8 Å². The van der Waals surface area contributed by atoms with Gasteiger partial charge >= 0.3 is 0 Å². The largest absolute Gasteiger partial charge is 0.298 e. The van der Waals surface area contributed by atoms with Gasteiger partial charge in [-0.05, 0) is 55.0 Å². The van der Waals surface area contributed by atoms with E-state index >= 15 is 0 Å². The fourth-order valence-electron chi connectivity index (χ4n) is 2.41. The van der Waals surface area contributed by atoms with Gasteiger partial charge in [-0.1, -0.05) is 18.7 Å². The van der Waals surface area contributed by atoms with E-state index in [9.17, 15) is 5.26 Å². The van der Waals surface area contributed by atoms with Crippen LogP contribution in [-0.4, -0.2) is 38.0 Å². The first-order valence-corrected chi connectivity index (χ1v) is 8.34. The predicted molar refractivity (Wildman–Crippen MR) is 76.2 cm³/mol. The second kappa shape index (κ2) is 5.70. The molecule has 0 spiro atoms. The van der Waals surface area contributed by atoms with Gasteiger partial charge in [-0.2, -0.15) is 5.26 Å². The van der Waals surface area contributed by atoms with Gasteiger partial charge in [0.25, 0.3) is 0 Å². The molecule has 3 rings (SSSR count). The standard InChI is InChI=1S/C13H20N6S/c1-2-7-15-13(8-14,10-3-4-10)9-20-12-16-17-18-19(12)11-5-6-11/h10-11,15H,2-7,9H2,1H3. The molecule has 1 heterocycles. The molecule has 0 aliphatic heterocycles. The summed E-state index contributed by atoms with van der Waals surface area (Å²) >= 11 is 1.61. The van der Waals surface area contributed by atoms with E-state index in [1.807, 2.05) is 4.68 Å². The second-order valence-corrected chi connectivity index (χ2v) is 6.65. The van der Waals surface area contributed by atoms with Crippen LogP contribution in [0.25, 0.3) is 0 Å². The Kier molecular flexibility index (Phi) is 3.94. The molecule has 1 N–H and O–H groups in total. The lowest BCUT2D eigenvalue weighted by atomic mass is 9.97. The van der Waals surface area contributed by atoms with Gasteiger partial charge in [0.05, 0.1) is 12.1 Å². The molecule has 2 aliphatic rings. The summed E-state index contributed by atoms with van der Waals surface area (Å²) < 4.78 is 1.92. The van der Waals surface area contributed by atoms with Crippen molar-refractivity contribution in [3.63, 3.8) is 0 Å². The van der Waals surface area contributed by atoms with Gasteiger partial charge in [-0.25, -0.2) is 4.68 Å². The minimum absolute atomic E-state index is 0.416. The number of rotatable bonds is 8. The Balaban J connectivity index is 1.67. The highest BCUT2D eigenvalue weighted by Crippen LogP contribution is 2.43. The van der Waals surface area contributed by atoms with Crippen molar-refractivity contribution in [3.8, 4) is 6.07 Å². The number of thioether (sulfide) groups is 1. The first kappa shape index (κ1) is 13.8. The Morgan fingerprint density at radius 3 is 2.85 bits per heavy atom. The quantitative estimate of drug-likeness (QED) is 0.736. The minimum Gasteiger partial charge on any atom is -0.298 e. The van der Waals surface area contributed by atoms with Crippen molar-refractivity contribution in [2.24, 2.45) is 5.92 Å². The zero-order valence-electron chi connectivity index (χ0n) is 11.7. The lowest BCUT2D eigenvalue weighted by molar-refractivity contribution is 0.405. The lowest BCUT2D eigenvalue weighted by Crippen LogP contribution is -2.48. The summed E-state index contributed by atoms with van der Waals surface area (Å²) in [5.41, 5.74) is -0.416. The number of hydrogen-bond donors (Lipinski definition) is 1. The van der Waals surface area contributed by atoms with Crippen molar-refractivity contribution in [2.75, 3.05) is 12.3 Å². The molecule has 0 aromatic carbocycles. The molecular formula is C13H20N6S. The van der Waals surface area contributed by atoms with Crippen LogP contribution in [-0.2, 0) is 0 Å².